The molecular formula is C34H49NO6. The Morgan fingerprint density at radius 1 is 1.05 bits per heavy atom. The lowest BCUT2D eigenvalue weighted by Gasteiger charge is -2.70. The van der Waals surface area contributed by atoms with Gasteiger partial charge in [0.2, 0.25) is 0 Å². The molecule has 1 heterocycles. The molecule has 5 aliphatic carbocycles. The van der Waals surface area contributed by atoms with Gasteiger partial charge in [0.25, 0.3) is 0 Å². The van der Waals surface area contributed by atoms with Gasteiger partial charge in [-0.05, 0) is 111 Å². The van der Waals surface area contributed by atoms with Gasteiger partial charge in [0.1, 0.15) is 5.76 Å². The molecule has 41 heavy (non-hydrogen) atoms. The van der Waals surface area contributed by atoms with Gasteiger partial charge >= 0.3 is 11.9 Å². The maximum Gasteiger partial charge on any atom is 0.360 e. The monoisotopic (exact) mass is 567 g/mol. The molecule has 226 valence electrons. The van der Waals surface area contributed by atoms with Crippen molar-refractivity contribution in [1.82, 2.24) is 5.16 Å². The molecular weight excluding hydrogens is 518 g/mol. The fourth-order valence-corrected chi connectivity index (χ4v) is 11.3. The zero-order valence-electron chi connectivity index (χ0n) is 26.1. The Kier molecular flexibility index (Phi) is 6.31. The first-order chi connectivity index (χ1) is 19.1. The molecule has 3 saturated carbocycles. The number of carbonyl (C=O) groups is 2. The molecule has 0 saturated heterocycles. The number of fused-ring (bicyclic) bond motifs is 8. The highest BCUT2D eigenvalue weighted by atomic mass is 16.5. The summed E-state index contributed by atoms with van der Waals surface area (Å²) in [6, 6.07) is 0. The van der Waals surface area contributed by atoms with Crippen molar-refractivity contribution in [3.8, 4) is 0 Å². The van der Waals surface area contributed by atoms with E-state index in [9.17, 15) is 19.8 Å². The Morgan fingerprint density at radius 3 is 2.41 bits per heavy atom. The Labute approximate surface area is 244 Å². The number of rotatable bonds is 4. The standard InChI is InChI=1S/C34H49NO6/c1-8-40-27(37)25-20-17-30(4)23(31(5,19-36)26(20)41-35-25)11-12-33(7)24(30)10-9-21-22-18-29(2,3)13-15-34(22,28(38)39)16-14-32(21,33)6/h9,22-24,36H,8,10-19H2,1-7H3,(H,38,39)/t22-,23+,24+,30-,31-,32+,33+,34-/m0/s1. The SMILES string of the molecule is CCOC(=O)c1noc2c1C[C@@]1(C)[C@@H](CC[C@]3(C)[C@@H]1CC=C1[C@@H]4CC(C)(C)CC[C@]4(C(=O)O)CC[C@]13C)[C@]2(C)CO. The van der Waals surface area contributed by atoms with Gasteiger partial charge in [-0.1, -0.05) is 51.4 Å². The summed E-state index contributed by atoms with van der Waals surface area (Å²) in [7, 11) is 0. The fraction of sp³-hybridized carbons (Fsp3) is 0.794. The first-order valence-corrected chi connectivity index (χ1v) is 15.8. The van der Waals surface area contributed by atoms with Crippen LogP contribution in [0.2, 0.25) is 0 Å². The molecule has 0 bridgehead atoms. The highest BCUT2D eigenvalue weighted by molar-refractivity contribution is 5.89. The fourth-order valence-electron chi connectivity index (χ4n) is 11.3. The Bertz CT molecular complexity index is 1310. The lowest BCUT2D eigenvalue weighted by Crippen LogP contribution is -2.65. The number of nitrogens with zero attached hydrogens (tertiary/aromatic N) is 1. The molecule has 7 heteroatoms. The van der Waals surface area contributed by atoms with Gasteiger partial charge in [-0.2, -0.15) is 0 Å². The molecule has 0 aliphatic heterocycles. The summed E-state index contributed by atoms with van der Waals surface area (Å²) >= 11 is 0. The van der Waals surface area contributed by atoms with Crippen LogP contribution in [0, 0.1) is 44.8 Å². The van der Waals surface area contributed by atoms with Crippen molar-refractivity contribution in [3.63, 3.8) is 0 Å². The Hall–Kier alpha value is -2.15. The number of carboxylic acid groups (broad SMARTS) is 1. The second-order valence-corrected chi connectivity index (χ2v) is 16.0. The van der Waals surface area contributed by atoms with E-state index < -0.39 is 22.8 Å². The average molecular weight is 568 g/mol. The molecule has 5 aliphatic rings. The number of hydrogen-bond donors (Lipinski definition) is 2. The summed E-state index contributed by atoms with van der Waals surface area (Å²) < 4.78 is 11.2. The van der Waals surface area contributed by atoms with Gasteiger partial charge in [0.15, 0.2) is 5.69 Å². The summed E-state index contributed by atoms with van der Waals surface area (Å²) in [5.74, 6) is 0.110. The van der Waals surface area contributed by atoms with Crippen LogP contribution < -0.4 is 0 Å². The number of aliphatic hydroxyl groups excluding tert-OH is 1. The molecule has 8 atom stereocenters. The van der Waals surface area contributed by atoms with Gasteiger partial charge in [-0.3, -0.25) is 4.79 Å². The largest absolute Gasteiger partial charge is 0.481 e. The summed E-state index contributed by atoms with van der Waals surface area (Å²) in [5, 5.41) is 25.7. The van der Waals surface area contributed by atoms with Crippen LogP contribution in [0.5, 0.6) is 0 Å². The van der Waals surface area contributed by atoms with Gasteiger partial charge in [0, 0.05) is 5.56 Å². The van der Waals surface area contributed by atoms with E-state index in [1.54, 1.807) is 6.92 Å². The molecule has 1 aromatic heterocycles. The molecule has 0 spiro atoms. The molecule has 3 fully saturated rings. The third-order valence-corrected chi connectivity index (χ3v) is 13.8. The van der Waals surface area contributed by atoms with Crippen molar-refractivity contribution in [3.05, 3.63) is 28.7 Å². The number of aliphatic carboxylic acids is 1. The van der Waals surface area contributed by atoms with Crippen LogP contribution in [0.15, 0.2) is 16.2 Å². The normalized spacial score (nSPS) is 44.3. The van der Waals surface area contributed by atoms with Crippen LogP contribution in [-0.4, -0.2) is 40.5 Å². The predicted molar refractivity (Wildman–Crippen MR) is 154 cm³/mol. The molecule has 0 unspecified atom stereocenters. The maximum atomic E-state index is 12.9. The molecule has 7 nitrogen and oxygen atoms in total. The topological polar surface area (TPSA) is 110 Å². The zero-order chi connectivity index (χ0) is 29.8. The van der Waals surface area contributed by atoms with Crippen LogP contribution in [0.1, 0.15) is 122 Å². The number of carbonyl (C=O) groups excluding carboxylic acids is 1. The highest BCUT2D eigenvalue weighted by Crippen LogP contribution is 2.75. The van der Waals surface area contributed by atoms with Crippen LogP contribution in [0.4, 0.5) is 0 Å². The number of allylic oxidation sites excluding steroid dienone is 2. The minimum Gasteiger partial charge on any atom is -0.481 e. The number of carboxylic acids is 1. The van der Waals surface area contributed by atoms with Crippen molar-refractivity contribution < 1.29 is 29.1 Å². The van der Waals surface area contributed by atoms with E-state index in [2.05, 4.69) is 52.8 Å². The second-order valence-electron chi connectivity index (χ2n) is 16.0. The predicted octanol–water partition coefficient (Wildman–Crippen LogP) is 6.72. The van der Waals surface area contributed by atoms with Crippen LogP contribution in [0.3, 0.4) is 0 Å². The summed E-state index contributed by atoms with van der Waals surface area (Å²) in [6.45, 7) is 15.9. The van der Waals surface area contributed by atoms with Gasteiger partial charge in [-0.15, -0.1) is 0 Å². The van der Waals surface area contributed by atoms with Crippen LogP contribution in [0.25, 0.3) is 0 Å². The zero-order valence-corrected chi connectivity index (χ0v) is 26.1. The number of ether oxygens (including phenoxy) is 1. The van der Waals surface area contributed by atoms with Crippen molar-refractivity contribution in [2.24, 2.45) is 44.8 Å². The molecule has 2 N–H and O–H groups in total. The van der Waals surface area contributed by atoms with Crippen molar-refractivity contribution in [1.29, 1.82) is 0 Å². The lowest BCUT2D eigenvalue weighted by atomic mass is 9.33. The van der Waals surface area contributed by atoms with E-state index in [-0.39, 0.29) is 52.4 Å². The minimum absolute atomic E-state index is 0.0380. The van der Waals surface area contributed by atoms with E-state index in [0.29, 0.717) is 18.1 Å². The molecule has 1 aromatic rings. The first kappa shape index (κ1) is 28.9. The third kappa shape index (κ3) is 3.56. The Morgan fingerprint density at radius 2 is 1.76 bits per heavy atom. The first-order valence-electron chi connectivity index (χ1n) is 15.8. The van der Waals surface area contributed by atoms with Crippen molar-refractivity contribution in [2.75, 3.05) is 13.2 Å². The summed E-state index contributed by atoms with van der Waals surface area (Å²) in [6.07, 6.45) is 10.2. The lowest BCUT2D eigenvalue weighted by molar-refractivity contribution is -0.179. The molecule has 0 aromatic carbocycles. The average Bonchev–Trinajstić information content (AvgIpc) is 3.32. The van der Waals surface area contributed by atoms with E-state index in [1.807, 2.05) is 0 Å². The number of hydrogen-bond acceptors (Lipinski definition) is 6. The second kappa shape index (κ2) is 8.93. The van der Waals surface area contributed by atoms with Gasteiger partial charge < -0.3 is 19.5 Å². The molecule has 0 amide bonds. The van der Waals surface area contributed by atoms with Gasteiger partial charge in [0.05, 0.1) is 24.0 Å². The molecule has 6 rings (SSSR count). The van der Waals surface area contributed by atoms with E-state index >= 15 is 0 Å². The van der Waals surface area contributed by atoms with Crippen LogP contribution >= 0.6 is 0 Å². The smallest absolute Gasteiger partial charge is 0.360 e. The van der Waals surface area contributed by atoms with Gasteiger partial charge in [-0.25, -0.2) is 4.79 Å². The highest BCUT2D eigenvalue weighted by Gasteiger charge is 2.70. The minimum atomic E-state index is -0.655. The number of aliphatic hydroxyl groups is 1. The Balaban J connectivity index is 1.47. The summed E-state index contributed by atoms with van der Waals surface area (Å²) in [4.78, 5) is 25.9. The van der Waals surface area contributed by atoms with E-state index in [4.69, 9.17) is 9.26 Å². The maximum absolute atomic E-state index is 12.9. The van der Waals surface area contributed by atoms with E-state index in [0.717, 1.165) is 56.9 Å². The molecule has 0 radical (unpaired) electrons. The van der Waals surface area contributed by atoms with Crippen molar-refractivity contribution in [2.45, 2.75) is 112 Å². The van der Waals surface area contributed by atoms with Crippen LogP contribution in [-0.2, 0) is 21.4 Å². The number of esters is 1. The van der Waals surface area contributed by atoms with Crippen molar-refractivity contribution >= 4 is 11.9 Å². The quantitative estimate of drug-likeness (QED) is 0.307. The third-order valence-electron chi connectivity index (χ3n) is 13.8. The number of aromatic nitrogens is 1. The van der Waals surface area contributed by atoms with E-state index in [1.165, 1.54) is 5.57 Å². The summed E-state index contributed by atoms with van der Waals surface area (Å²) in [5.41, 5.74) is 0.929.